The molecule has 0 spiro atoms. The van der Waals surface area contributed by atoms with Crippen LogP contribution in [0.2, 0.25) is 0 Å². The maximum Gasteiger partial charge on any atom is 0.412 e. The number of rotatable bonds is 6. The fraction of sp³-hybridized carbons (Fsp3) is 0.261. The molecule has 2 amide bonds. The monoisotopic (exact) mass is 421 g/mol. The largest absolute Gasteiger partial charge is 0.450 e. The number of thiazole rings is 1. The van der Waals surface area contributed by atoms with Crippen LogP contribution in [-0.4, -0.2) is 23.6 Å². The zero-order chi connectivity index (χ0) is 21.1. The highest BCUT2D eigenvalue weighted by molar-refractivity contribution is 7.20. The van der Waals surface area contributed by atoms with Gasteiger partial charge in [0, 0.05) is 11.5 Å². The summed E-state index contributed by atoms with van der Waals surface area (Å²) in [5.74, 6) is 0.149. The summed E-state index contributed by atoms with van der Waals surface area (Å²) in [6.45, 7) is 4.03. The van der Waals surface area contributed by atoms with Crippen molar-refractivity contribution >= 4 is 33.5 Å². The predicted octanol–water partition coefficient (Wildman–Crippen LogP) is 5.43. The molecular formula is C23H23N3O3S. The number of carbonyl (C=O) groups excluding carboxylic acids is 2. The van der Waals surface area contributed by atoms with Gasteiger partial charge in [0.25, 0.3) is 0 Å². The summed E-state index contributed by atoms with van der Waals surface area (Å²) in [7, 11) is 0. The molecule has 154 valence electrons. The normalized spacial score (nSPS) is 17.3. The van der Waals surface area contributed by atoms with Crippen molar-refractivity contribution in [2.45, 2.75) is 26.2 Å². The molecule has 0 aliphatic heterocycles. The van der Waals surface area contributed by atoms with E-state index in [2.05, 4.69) is 27.8 Å². The molecule has 2 aromatic carbocycles. The molecule has 30 heavy (non-hydrogen) atoms. The fourth-order valence-electron chi connectivity index (χ4n) is 3.38. The van der Waals surface area contributed by atoms with Gasteiger partial charge in [0.05, 0.1) is 6.61 Å². The third kappa shape index (κ3) is 4.52. The zero-order valence-corrected chi connectivity index (χ0v) is 17.7. The first-order valence-electron chi connectivity index (χ1n) is 9.92. The number of hydrogen-bond donors (Lipinski definition) is 2. The van der Waals surface area contributed by atoms with Crippen LogP contribution in [0.3, 0.4) is 0 Å². The van der Waals surface area contributed by atoms with Crippen molar-refractivity contribution in [3.63, 3.8) is 0 Å². The fourth-order valence-corrected chi connectivity index (χ4v) is 4.25. The van der Waals surface area contributed by atoms with Crippen LogP contribution in [0.15, 0.2) is 54.6 Å². The second-order valence-electron chi connectivity index (χ2n) is 7.26. The van der Waals surface area contributed by atoms with Crippen molar-refractivity contribution in [2.75, 3.05) is 17.2 Å². The minimum absolute atomic E-state index is 0.0456. The summed E-state index contributed by atoms with van der Waals surface area (Å²) in [6.07, 6.45) is 0.290. The lowest BCUT2D eigenvalue weighted by Crippen LogP contribution is -2.14. The maximum atomic E-state index is 12.7. The van der Waals surface area contributed by atoms with Crippen LogP contribution in [0, 0.1) is 12.8 Å². The van der Waals surface area contributed by atoms with E-state index in [1.54, 1.807) is 6.92 Å². The van der Waals surface area contributed by atoms with E-state index in [0.29, 0.717) is 15.8 Å². The third-order valence-corrected chi connectivity index (χ3v) is 5.91. The van der Waals surface area contributed by atoms with E-state index >= 15 is 0 Å². The number of benzene rings is 2. The maximum absolute atomic E-state index is 12.7. The van der Waals surface area contributed by atoms with Crippen LogP contribution in [0.4, 0.5) is 14.9 Å². The van der Waals surface area contributed by atoms with Gasteiger partial charge in [0.2, 0.25) is 5.91 Å². The van der Waals surface area contributed by atoms with Gasteiger partial charge in [-0.3, -0.25) is 10.1 Å². The van der Waals surface area contributed by atoms with Gasteiger partial charge in [-0.1, -0.05) is 71.5 Å². The summed E-state index contributed by atoms with van der Waals surface area (Å²) >= 11 is 1.23. The van der Waals surface area contributed by atoms with Crippen molar-refractivity contribution in [3.8, 4) is 11.3 Å². The van der Waals surface area contributed by atoms with E-state index in [0.717, 1.165) is 17.5 Å². The molecular weight excluding hydrogens is 398 g/mol. The highest BCUT2D eigenvalue weighted by Crippen LogP contribution is 2.48. The molecule has 0 bridgehead atoms. The van der Waals surface area contributed by atoms with E-state index < -0.39 is 6.09 Å². The van der Waals surface area contributed by atoms with Gasteiger partial charge in [0.15, 0.2) is 5.13 Å². The van der Waals surface area contributed by atoms with Crippen LogP contribution in [0.1, 0.15) is 30.4 Å². The van der Waals surface area contributed by atoms with Gasteiger partial charge in [-0.15, -0.1) is 0 Å². The summed E-state index contributed by atoms with van der Waals surface area (Å²) in [5.41, 5.74) is 3.78. The SMILES string of the molecule is CCOC(=O)Nc1sc(NC(=O)C2CC2c2ccccc2)nc1-c1ccc(C)cc1. The molecule has 2 atom stereocenters. The van der Waals surface area contributed by atoms with Crippen LogP contribution >= 0.6 is 11.3 Å². The Hall–Kier alpha value is -3.19. The smallest absolute Gasteiger partial charge is 0.412 e. The van der Waals surface area contributed by atoms with Crippen LogP contribution in [0.25, 0.3) is 11.3 Å². The Balaban J connectivity index is 1.52. The standard InChI is InChI=1S/C23H23N3O3S/c1-3-29-23(28)26-21-19(16-11-9-14(2)10-12-16)24-22(30-21)25-20(27)18-13-17(18)15-7-5-4-6-8-15/h4-12,17-18H,3,13H2,1-2H3,(H,26,28)(H,24,25,27). The van der Waals surface area contributed by atoms with Gasteiger partial charge in [-0.25, -0.2) is 9.78 Å². The van der Waals surface area contributed by atoms with Crippen molar-refractivity contribution in [1.82, 2.24) is 4.98 Å². The molecule has 0 saturated heterocycles. The number of amides is 2. The Labute approximate surface area is 179 Å². The minimum Gasteiger partial charge on any atom is -0.450 e. The quantitative estimate of drug-likeness (QED) is 0.556. The Morgan fingerprint density at radius 1 is 1.10 bits per heavy atom. The first-order valence-corrected chi connectivity index (χ1v) is 10.7. The minimum atomic E-state index is -0.543. The van der Waals surface area contributed by atoms with E-state index in [9.17, 15) is 9.59 Å². The first kappa shape index (κ1) is 20.1. The van der Waals surface area contributed by atoms with Gasteiger partial charge in [-0.2, -0.15) is 0 Å². The average molecular weight is 422 g/mol. The number of ether oxygens (including phenoxy) is 1. The Morgan fingerprint density at radius 2 is 1.83 bits per heavy atom. The number of nitrogens with zero attached hydrogens (tertiary/aromatic N) is 1. The lowest BCUT2D eigenvalue weighted by atomic mass is 10.1. The molecule has 2 unspecified atom stereocenters. The van der Waals surface area contributed by atoms with Crippen molar-refractivity contribution in [3.05, 3.63) is 65.7 Å². The van der Waals surface area contributed by atoms with Gasteiger partial charge < -0.3 is 10.1 Å². The molecule has 1 aliphatic rings. The van der Waals surface area contributed by atoms with E-state index in [1.165, 1.54) is 16.9 Å². The van der Waals surface area contributed by atoms with Crippen molar-refractivity contribution < 1.29 is 14.3 Å². The molecule has 3 aromatic rings. The predicted molar refractivity (Wildman–Crippen MR) is 119 cm³/mol. The molecule has 6 nitrogen and oxygen atoms in total. The van der Waals surface area contributed by atoms with Gasteiger partial charge in [0.1, 0.15) is 10.7 Å². The number of aryl methyl sites for hydroxylation is 1. The topological polar surface area (TPSA) is 80.3 Å². The molecule has 2 N–H and O–H groups in total. The summed E-state index contributed by atoms with van der Waals surface area (Å²) in [4.78, 5) is 29.3. The Kier molecular flexibility index (Phi) is 5.81. The lowest BCUT2D eigenvalue weighted by Gasteiger charge is -2.05. The molecule has 1 heterocycles. The first-order chi connectivity index (χ1) is 14.5. The van der Waals surface area contributed by atoms with E-state index in [1.807, 2.05) is 49.4 Å². The average Bonchev–Trinajstić information content (AvgIpc) is 3.46. The molecule has 1 saturated carbocycles. The number of anilines is 2. The summed E-state index contributed by atoms with van der Waals surface area (Å²) < 4.78 is 5.00. The number of carbonyl (C=O) groups is 2. The van der Waals surface area contributed by atoms with E-state index in [4.69, 9.17) is 4.74 Å². The highest BCUT2D eigenvalue weighted by atomic mass is 32.1. The molecule has 4 rings (SSSR count). The zero-order valence-electron chi connectivity index (χ0n) is 16.8. The van der Waals surface area contributed by atoms with Crippen molar-refractivity contribution in [1.29, 1.82) is 0 Å². The summed E-state index contributed by atoms with van der Waals surface area (Å²) in [6, 6.07) is 17.9. The number of aromatic nitrogens is 1. The third-order valence-electron chi connectivity index (χ3n) is 5.03. The molecule has 1 fully saturated rings. The van der Waals surface area contributed by atoms with Crippen LogP contribution < -0.4 is 10.6 Å². The number of hydrogen-bond acceptors (Lipinski definition) is 5. The lowest BCUT2D eigenvalue weighted by molar-refractivity contribution is -0.117. The summed E-state index contributed by atoms with van der Waals surface area (Å²) in [5, 5.41) is 6.67. The second-order valence-corrected chi connectivity index (χ2v) is 8.26. The molecule has 1 aromatic heterocycles. The van der Waals surface area contributed by atoms with Gasteiger partial charge >= 0.3 is 6.09 Å². The Bertz CT molecular complexity index is 1050. The number of nitrogens with one attached hydrogen (secondary N) is 2. The van der Waals surface area contributed by atoms with Crippen LogP contribution in [0.5, 0.6) is 0 Å². The van der Waals surface area contributed by atoms with Crippen molar-refractivity contribution in [2.24, 2.45) is 5.92 Å². The van der Waals surface area contributed by atoms with E-state index in [-0.39, 0.29) is 24.3 Å². The van der Waals surface area contributed by atoms with Gasteiger partial charge in [-0.05, 0) is 31.7 Å². The van der Waals surface area contributed by atoms with Crippen LogP contribution in [-0.2, 0) is 9.53 Å². The molecule has 0 radical (unpaired) electrons. The highest BCUT2D eigenvalue weighted by Gasteiger charge is 2.44. The molecule has 1 aliphatic carbocycles. The Morgan fingerprint density at radius 3 is 2.53 bits per heavy atom. The second kappa shape index (κ2) is 8.67. The molecule has 7 heteroatoms.